The molecule has 0 amide bonds. The molecule has 138 valence electrons. The summed E-state index contributed by atoms with van der Waals surface area (Å²) in [5.41, 5.74) is 1.95. The monoisotopic (exact) mass is 407 g/mol. The number of thioether (sulfide) groups is 1. The van der Waals surface area contributed by atoms with Gasteiger partial charge in [0.05, 0.1) is 22.5 Å². The molecule has 0 aliphatic rings. The van der Waals surface area contributed by atoms with Crippen LogP contribution in [-0.2, 0) is 5.75 Å². The molecule has 4 heterocycles. The summed E-state index contributed by atoms with van der Waals surface area (Å²) < 4.78 is 7.20. The van der Waals surface area contributed by atoms with Gasteiger partial charge < -0.3 is 9.40 Å². The number of para-hydroxylation sites is 1. The number of aromatic amines is 1. The van der Waals surface area contributed by atoms with Crippen molar-refractivity contribution in [1.29, 1.82) is 0 Å². The predicted molar refractivity (Wildman–Crippen MR) is 109 cm³/mol. The van der Waals surface area contributed by atoms with Crippen LogP contribution in [0.25, 0.3) is 27.5 Å². The number of thiophene rings is 1. The van der Waals surface area contributed by atoms with Crippen LogP contribution in [0.15, 0.2) is 74.7 Å². The van der Waals surface area contributed by atoms with Crippen molar-refractivity contribution in [2.75, 3.05) is 0 Å². The first-order chi connectivity index (χ1) is 13.8. The summed E-state index contributed by atoms with van der Waals surface area (Å²) in [5.74, 6) is 1.13. The average molecular weight is 407 g/mol. The second-order valence-corrected chi connectivity index (χ2v) is 7.82. The first-order valence-electron chi connectivity index (χ1n) is 8.42. The summed E-state index contributed by atoms with van der Waals surface area (Å²) in [7, 11) is 0. The Bertz CT molecular complexity index is 1290. The molecule has 0 radical (unpaired) electrons. The zero-order valence-electron chi connectivity index (χ0n) is 14.4. The van der Waals surface area contributed by atoms with Gasteiger partial charge in [0.2, 0.25) is 5.89 Å². The van der Waals surface area contributed by atoms with Crippen molar-refractivity contribution in [2.45, 2.75) is 10.9 Å². The second kappa shape index (κ2) is 7.10. The van der Waals surface area contributed by atoms with E-state index in [0.29, 0.717) is 27.8 Å². The van der Waals surface area contributed by atoms with Crippen molar-refractivity contribution >= 4 is 34.1 Å². The van der Waals surface area contributed by atoms with Crippen molar-refractivity contribution in [3.05, 3.63) is 76.4 Å². The third-order valence-electron chi connectivity index (χ3n) is 4.06. The molecule has 0 saturated heterocycles. The number of hydrogen-bond acceptors (Lipinski definition) is 7. The molecule has 1 aromatic carbocycles. The standard InChI is InChI=1S/C19H13N5O2S2/c25-17-14-9-20-24(13-5-2-1-3-6-13)16(14)22-19(23-17)28-11-12-10-26-18(21-12)15-7-4-8-27-15/h1-10H,11H2,(H,22,23,25). The zero-order chi connectivity index (χ0) is 18.9. The number of aromatic nitrogens is 5. The number of H-pyrrole nitrogens is 1. The van der Waals surface area contributed by atoms with E-state index in [9.17, 15) is 4.79 Å². The molecule has 0 spiro atoms. The molecule has 0 atom stereocenters. The second-order valence-electron chi connectivity index (χ2n) is 5.91. The van der Waals surface area contributed by atoms with Gasteiger partial charge in [-0.3, -0.25) is 4.79 Å². The molecule has 0 bridgehead atoms. The molecule has 0 unspecified atom stereocenters. The Morgan fingerprint density at radius 2 is 2.04 bits per heavy atom. The number of fused-ring (bicyclic) bond motifs is 1. The van der Waals surface area contributed by atoms with Crippen molar-refractivity contribution in [3.8, 4) is 16.5 Å². The molecule has 0 saturated carbocycles. The molecule has 0 fully saturated rings. The fraction of sp³-hybridized carbons (Fsp3) is 0.0526. The predicted octanol–water partition coefficient (Wildman–Crippen LogP) is 4.12. The van der Waals surface area contributed by atoms with E-state index in [2.05, 4.69) is 20.1 Å². The van der Waals surface area contributed by atoms with E-state index in [0.717, 1.165) is 16.3 Å². The van der Waals surface area contributed by atoms with Gasteiger partial charge in [0, 0.05) is 5.75 Å². The van der Waals surface area contributed by atoms with Crippen LogP contribution in [0.1, 0.15) is 5.69 Å². The van der Waals surface area contributed by atoms with Gasteiger partial charge in [0.15, 0.2) is 10.8 Å². The highest BCUT2D eigenvalue weighted by molar-refractivity contribution is 7.98. The van der Waals surface area contributed by atoms with Gasteiger partial charge in [-0.25, -0.2) is 14.6 Å². The molecule has 5 aromatic rings. The lowest BCUT2D eigenvalue weighted by molar-refractivity contribution is 0.575. The first-order valence-corrected chi connectivity index (χ1v) is 10.3. The van der Waals surface area contributed by atoms with E-state index in [4.69, 9.17) is 4.42 Å². The highest BCUT2D eigenvalue weighted by atomic mass is 32.2. The van der Waals surface area contributed by atoms with Crippen molar-refractivity contribution < 1.29 is 4.42 Å². The maximum Gasteiger partial charge on any atom is 0.262 e. The number of benzene rings is 1. The summed E-state index contributed by atoms with van der Waals surface area (Å²) in [4.78, 5) is 25.3. The average Bonchev–Trinajstić information content (AvgIpc) is 3.46. The van der Waals surface area contributed by atoms with Crippen LogP contribution in [0.5, 0.6) is 0 Å². The molecule has 1 N–H and O–H groups in total. The van der Waals surface area contributed by atoms with Crippen LogP contribution in [0, 0.1) is 0 Å². The summed E-state index contributed by atoms with van der Waals surface area (Å²) in [6.45, 7) is 0. The minimum Gasteiger partial charge on any atom is -0.444 e. The van der Waals surface area contributed by atoms with Crippen LogP contribution in [0.4, 0.5) is 0 Å². The quantitative estimate of drug-likeness (QED) is 0.348. The maximum atomic E-state index is 12.4. The fourth-order valence-corrected chi connectivity index (χ4v) is 4.14. The molecule has 7 nitrogen and oxygen atoms in total. The van der Waals surface area contributed by atoms with Crippen molar-refractivity contribution in [2.24, 2.45) is 0 Å². The van der Waals surface area contributed by atoms with E-state index >= 15 is 0 Å². The number of hydrogen-bond donors (Lipinski definition) is 1. The summed E-state index contributed by atoms with van der Waals surface area (Å²) in [6, 6.07) is 13.5. The lowest BCUT2D eigenvalue weighted by atomic mass is 10.3. The van der Waals surface area contributed by atoms with E-state index in [1.54, 1.807) is 22.3 Å². The van der Waals surface area contributed by atoms with Crippen LogP contribution in [-0.4, -0.2) is 24.7 Å². The van der Waals surface area contributed by atoms with Gasteiger partial charge in [-0.1, -0.05) is 36.0 Å². The number of nitrogens with zero attached hydrogens (tertiary/aromatic N) is 4. The molecular formula is C19H13N5O2S2. The summed E-state index contributed by atoms with van der Waals surface area (Å²) >= 11 is 2.97. The van der Waals surface area contributed by atoms with Gasteiger partial charge in [-0.15, -0.1) is 11.3 Å². The molecule has 9 heteroatoms. The van der Waals surface area contributed by atoms with Gasteiger partial charge in [0.1, 0.15) is 11.6 Å². The Balaban J connectivity index is 1.43. The Labute approximate surface area is 167 Å². The van der Waals surface area contributed by atoms with Crippen molar-refractivity contribution in [3.63, 3.8) is 0 Å². The van der Waals surface area contributed by atoms with Gasteiger partial charge >= 0.3 is 0 Å². The van der Waals surface area contributed by atoms with Crippen molar-refractivity contribution in [1.82, 2.24) is 24.7 Å². The van der Waals surface area contributed by atoms with E-state index < -0.39 is 0 Å². The fourth-order valence-electron chi connectivity index (χ4n) is 2.75. The maximum absolute atomic E-state index is 12.4. The summed E-state index contributed by atoms with van der Waals surface area (Å²) in [6.07, 6.45) is 3.17. The lowest BCUT2D eigenvalue weighted by Crippen LogP contribution is -2.09. The highest BCUT2D eigenvalue weighted by Gasteiger charge is 2.13. The minimum atomic E-state index is -0.214. The van der Waals surface area contributed by atoms with Gasteiger partial charge in [0.25, 0.3) is 5.56 Å². The number of rotatable bonds is 5. The zero-order valence-corrected chi connectivity index (χ0v) is 16.0. The largest absolute Gasteiger partial charge is 0.444 e. The van der Waals surface area contributed by atoms with Crippen LogP contribution < -0.4 is 5.56 Å². The molecule has 4 aromatic heterocycles. The first kappa shape index (κ1) is 17.0. The summed E-state index contributed by atoms with van der Waals surface area (Å²) in [5, 5.41) is 7.26. The molecule has 0 aliphatic carbocycles. The van der Waals surface area contributed by atoms with Crippen LogP contribution in [0.2, 0.25) is 0 Å². The van der Waals surface area contributed by atoms with E-state index in [-0.39, 0.29) is 5.56 Å². The van der Waals surface area contributed by atoms with Gasteiger partial charge in [-0.2, -0.15) is 5.10 Å². The number of nitrogens with one attached hydrogen (secondary N) is 1. The third kappa shape index (κ3) is 3.14. The van der Waals surface area contributed by atoms with E-state index in [1.807, 2.05) is 47.8 Å². The normalized spacial score (nSPS) is 11.3. The molecule has 28 heavy (non-hydrogen) atoms. The minimum absolute atomic E-state index is 0.214. The Kier molecular flexibility index (Phi) is 4.30. The Morgan fingerprint density at radius 1 is 1.14 bits per heavy atom. The Hall–Kier alpha value is -3.17. The smallest absolute Gasteiger partial charge is 0.262 e. The van der Waals surface area contributed by atoms with Gasteiger partial charge in [-0.05, 0) is 23.6 Å². The third-order valence-corrected chi connectivity index (χ3v) is 5.82. The topological polar surface area (TPSA) is 89.6 Å². The number of oxazole rings is 1. The molecule has 0 aliphatic heterocycles. The lowest BCUT2D eigenvalue weighted by Gasteiger charge is -2.03. The molecule has 5 rings (SSSR count). The highest BCUT2D eigenvalue weighted by Crippen LogP contribution is 2.26. The SMILES string of the molecule is O=c1[nH]c(SCc2coc(-c3cccs3)n2)nc2c1cnn2-c1ccccc1. The van der Waals surface area contributed by atoms with Crippen LogP contribution in [0.3, 0.4) is 0 Å². The molecular weight excluding hydrogens is 394 g/mol. The Morgan fingerprint density at radius 3 is 2.86 bits per heavy atom. The van der Waals surface area contributed by atoms with E-state index in [1.165, 1.54) is 18.0 Å². The van der Waals surface area contributed by atoms with Crippen LogP contribution >= 0.6 is 23.1 Å².